The highest BCUT2D eigenvalue weighted by Gasteiger charge is 2.26. The second kappa shape index (κ2) is 5.70. The van der Waals surface area contributed by atoms with Crippen LogP contribution in [0.5, 0.6) is 5.75 Å². The van der Waals surface area contributed by atoms with Gasteiger partial charge in [-0.25, -0.2) is 4.98 Å². The third-order valence-electron chi connectivity index (χ3n) is 4.59. The van der Waals surface area contributed by atoms with E-state index in [1.54, 1.807) is 12.4 Å². The summed E-state index contributed by atoms with van der Waals surface area (Å²) in [6.45, 7) is 0. The molecule has 3 heterocycles. The Morgan fingerprint density at radius 2 is 2.23 bits per heavy atom. The van der Waals surface area contributed by atoms with E-state index in [9.17, 15) is 0 Å². The van der Waals surface area contributed by atoms with E-state index in [0.29, 0.717) is 17.0 Å². The maximum atomic E-state index is 9.01. The van der Waals surface area contributed by atoms with Gasteiger partial charge in [0.2, 0.25) is 0 Å². The van der Waals surface area contributed by atoms with Gasteiger partial charge in [-0.05, 0) is 42.7 Å². The Bertz CT molecular complexity index is 1140. The molecule has 0 radical (unpaired) electrons. The first-order valence-corrected chi connectivity index (χ1v) is 8.24. The third kappa shape index (κ3) is 2.31. The fourth-order valence-corrected chi connectivity index (χ4v) is 3.36. The zero-order chi connectivity index (χ0) is 17.5. The molecule has 1 aliphatic carbocycles. The summed E-state index contributed by atoms with van der Waals surface area (Å²) in [5.41, 5.74) is 4.17. The van der Waals surface area contributed by atoms with Gasteiger partial charge in [0.25, 0.3) is 0 Å². The Labute approximate surface area is 148 Å². The number of H-pyrrole nitrogens is 1. The van der Waals surface area contributed by atoms with Crippen molar-refractivity contribution in [1.29, 1.82) is 5.26 Å². The van der Waals surface area contributed by atoms with Crippen LogP contribution in [-0.2, 0) is 6.42 Å². The van der Waals surface area contributed by atoms with Crippen molar-refractivity contribution in [2.45, 2.75) is 18.9 Å². The van der Waals surface area contributed by atoms with Gasteiger partial charge < -0.3 is 9.15 Å². The minimum absolute atomic E-state index is 0.115. The molecule has 7 heteroatoms. The van der Waals surface area contributed by atoms with Crippen LogP contribution in [-0.4, -0.2) is 20.2 Å². The minimum atomic E-state index is -0.115. The molecular formula is C19H13N5O2. The number of nitrogens with zero attached hydrogens (tertiary/aromatic N) is 4. The van der Waals surface area contributed by atoms with Crippen LogP contribution in [0.1, 0.15) is 29.3 Å². The molecule has 1 aromatic carbocycles. The maximum Gasteiger partial charge on any atom is 0.181 e. The summed E-state index contributed by atoms with van der Waals surface area (Å²) in [5.74, 6) is 1.34. The zero-order valence-electron chi connectivity index (χ0n) is 13.6. The number of hydrogen-bond donors (Lipinski definition) is 1. The molecule has 0 bridgehead atoms. The van der Waals surface area contributed by atoms with Crippen molar-refractivity contribution in [3.8, 4) is 23.3 Å². The first kappa shape index (κ1) is 14.7. The average molecular weight is 343 g/mol. The normalized spacial score (nSPS) is 15.7. The third-order valence-corrected chi connectivity index (χ3v) is 4.59. The van der Waals surface area contributed by atoms with Crippen LogP contribution in [0.25, 0.3) is 22.4 Å². The molecule has 7 nitrogen and oxygen atoms in total. The molecule has 0 fully saturated rings. The van der Waals surface area contributed by atoms with Crippen LogP contribution in [0, 0.1) is 11.3 Å². The Kier molecular flexibility index (Phi) is 3.22. The van der Waals surface area contributed by atoms with E-state index in [0.717, 1.165) is 40.8 Å². The van der Waals surface area contributed by atoms with E-state index in [-0.39, 0.29) is 6.10 Å². The van der Waals surface area contributed by atoms with Crippen LogP contribution in [0.3, 0.4) is 0 Å². The molecule has 126 valence electrons. The Morgan fingerprint density at radius 1 is 1.27 bits per heavy atom. The number of nitrogens with one attached hydrogen (secondary N) is 1. The minimum Gasteiger partial charge on any atom is -0.484 e. The molecule has 5 rings (SSSR count). The average Bonchev–Trinajstić information content (AvgIpc) is 3.40. The van der Waals surface area contributed by atoms with E-state index in [2.05, 4.69) is 26.2 Å². The number of aromatic amines is 1. The second-order valence-electron chi connectivity index (χ2n) is 6.17. The highest BCUT2D eigenvalue weighted by atomic mass is 16.5. The molecule has 0 spiro atoms. The Balaban J connectivity index is 1.48. The Morgan fingerprint density at radius 3 is 3.08 bits per heavy atom. The molecule has 0 unspecified atom stereocenters. The predicted molar refractivity (Wildman–Crippen MR) is 92.2 cm³/mol. The lowest BCUT2D eigenvalue weighted by atomic mass is 10.1. The summed E-state index contributed by atoms with van der Waals surface area (Å²) in [4.78, 5) is 8.38. The predicted octanol–water partition coefficient (Wildman–Crippen LogP) is 3.55. The topological polar surface area (TPSA) is 101 Å². The van der Waals surface area contributed by atoms with Gasteiger partial charge in [-0.2, -0.15) is 10.4 Å². The number of aromatic nitrogens is 4. The standard InChI is InChI=1S/C19H13N5O2/c20-7-11-5-12-1-4-16(18(12)22-8-11)26-13-2-3-15-14(6-13)19(24-23-15)17-9-21-10-25-17/h2-3,5-6,8-10,16H,1,4H2,(H,23,24)/t16-/m0/s1. The van der Waals surface area contributed by atoms with Crippen molar-refractivity contribution >= 4 is 10.9 Å². The number of benzene rings is 1. The van der Waals surface area contributed by atoms with Crippen molar-refractivity contribution in [2.75, 3.05) is 0 Å². The molecule has 0 amide bonds. The van der Waals surface area contributed by atoms with Gasteiger partial charge in [-0.3, -0.25) is 10.1 Å². The number of hydrogen-bond acceptors (Lipinski definition) is 6. The van der Waals surface area contributed by atoms with Crippen molar-refractivity contribution in [1.82, 2.24) is 20.2 Å². The molecule has 1 N–H and O–H groups in total. The fourth-order valence-electron chi connectivity index (χ4n) is 3.36. The van der Waals surface area contributed by atoms with Gasteiger partial charge in [0.15, 0.2) is 12.2 Å². The lowest BCUT2D eigenvalue weighted by Gasteiger charge is -2.14. The summed E-state index contributed by atoms with van der Waals surface area (Å²) in [5, 5.41) is 17.2. The fraction of sp³-hybridized carbons (Fsp3) is 0.158. The molecule has 0 saturated heterocycles. The molecule has 0 saturated carbocycles. The highest BCUT2D eigenvalue weighted by molar-refractivity contribution is 5.92. The van der Waals surface area contributed by atoms with Crippen LogP contribution >= 0.6 is 0 Å². The van der Waals surface area contributed by atoms with Crippen molar-refractivity contribution in [2.24, 2.45) is 0 Å². The van der Waals surface area contributed by atoms with Gasteiger partial charge in [-0.1, -0.05) is 0 Å². The summed E-state index contributed by atoms with van der Waals surface area (Å²) in [6, 6.07) is 9.81. The van der Waals surface area contributed by atoms with E-state index in [1.165, 1.54) is 6.39 Å². The van der Waals surface area contributed by atoms with Gasteiger partial charge in [0.05, 0.1) is 23.0 Å². The second-order valence-corrected chi connectivity index (χ2v) is 6.17. The molecular weight excluding hydrogens is 330 g/mol. The van der Waals surface area contributed by atoms with Gasteiger partial charge in [0.1, 0.15) is 23.6 Å². The SMILES string of the molecule is N#Cc1cnc2c(c1)CC[C@@H]2Oc1ccc2[nH]nc(-c3cnco3)c2c1. The summed E-state index contributed by atoms with van der Waals surface area (Å²) in [6.07, 6.45) is 6.20. The number of rotatable bonds is 3. The molecule has 3 aromatic heterocycles. The number of fused-ring (bicyclic) bond motifs is 2. The van der Waals surface area contributed by atoms with Gasteiger partial charge in [-0.15, -0.1) is 0 Å². The lowest BCUT2D eigenvalue weighted by Crippen LogP contribution is -2.05. The van der Waals surface area contributed by atoms with Gasteiger partial charge in [0, 0.05) is 11.6 Å². The first-order chi connectivity index (χ1) is 12.8. The van der Waals surface area contributed by atoms with E-state index in [4.69, 9.17) is 14.4 Å². The van der Waals surface area contributed by atoms with Crippen molar-refractivity contribution in [3.05, 3.63) is 59.9 Å². The number of nitriles is 1. The number of aryl methyl sites for hydroxylation is 1. The monoisotopic (exact) mass is 343 g/mol. The van der Waals surface area contributed by atoms with Crippen LogP contribution in [0.4, 0.5) is 0 Å². The molecule has 1 aliphatic rings. The molecule has 26 heavy (non-hydrogen) atoms. The smallest absolute Gasteiger partial charge is 0.181 e. The van der Waals surface area contributed by atoms with E-state index < -0.39 is 0 Å². The largest absolute Gasteiger partial charge is 0.484 e. The van der Waals surface area contributed by atoms with Gasteiger partial charge >= 0.3 is 0 Å². The molecule has 4 aromatic rings. The number of oxazole rings is 1. The van der Waals surface area contributed by atoms with E-state index >= 15 is 0 Å². The lowest BCUT2D eigenvalue weighted by molar-refractivity contribution is 0.203. The van der Waals surface area contributed by atoms with Crippen molar-refractivity contribution in [3.63, 3.8) is 0 Å². The Hall–Kier alpha value is -3.66. The highest BCUT2D eigenvalue weighted by Crippen LogP contribution is 2.36. The van der Waals surface area contributed by atoms with Crippen molar-refractivity contribution < 1.29 is 9.15 Å². The maximum absolute atomic E-state index is 9.01. The molecule has 1 atom stereocenters. The summed E-state index contributed by atoms with van der Waals surface area (Å²) < 4.78 is 11.5. The van der Waals surface area contributed by atoms with E-state index in [1.807, 2.05) is 24.3 Å². The number of ether oxygens (including phenoxy) is 1. The first-order valence-electron chi connectivity index (χ1n) is 8.24. The number of pyridine rings is 1. The quantitative estimate of drug-likeness (QED) is 0.610. The van der Waals surface area contributed by atoms with Crippen LogP contribution in [0.15, 0.2) is 47.5 Å². The molecule has 0 aliphatic heterocycles. The summed E-state index contributed by atoms with van der Waals surface area (Å²) in [7, 11) is 0. The zero-order valence-corrected chi connectivity index (χ0v) is 13.6. The van der Waals surface area contributed by atoms with Crippen LogP contribution < -0.4 is 4.74 Å². The summed E-state index contributed by atoms with van der Waals surface area (Å²) >= 11 is 0. The van der Waals surface area contributed by atoms with Crippen LogP contribution in [0.2, 0.25) is 0 Å².